The van der Waals surface area contributed by atoms with Gasteiger partial charge >= 0.3 is 10.1 Å². The number of anilines is 1. The van der Waals surface area contributed by atoms with Crippen molar-refractivity contribution in [1.29, 1.82) is 0 Å². The van der Waals surface area contributed by atoms with Crippen LogP contribution in [0, 0.1) is 17.0 Å². The van der Waals surface area contributed by atoms with Gasteiger partial charge in [-0.15, -0.1) is 0 Å². The normalized spacial score (nSPS) is 10.9. The molecular formula is C20H16N2O6S. The number of benzene rings is 3. The fraction of sp³-hybridized carbons (Fsp3) is 0.0500. The SMILES string of the molecule is Cc1cccc(C(=O)Nc2ccc(S(=O)(=O)Oc3cccc([N+](=O)[O-])c3)cc2)c1. The molecule has 9 heteroatoms. The molecule has 29 heavy (non-hydrogen) atoms. The lowest BCUT2D eigenvalue weighted by Crippen LogP contribution is -2.13. The van der Waals surface area contributed by atoms with Crippen LogP contribution in [0.25, 0.3) is 0 Å². The van der Waals surface area contributed by atoms with Crippen molar-refractivity contribution in [1.82, 2.24) is 0 Å². The zero-order valence-corrected chi connectivity index (χ0v) is 16.0. The number of nitrogens with zero attached hydrogens (tertiary/aromatic N) is 1. The highest BCUT2D eigenvalue weighted by molar-refractivity contribution is 7.87. The lowest BCUT2D eigenvalue weighted by atomic mass is 10.1. The fourth-order valence-electron chi connectivity index (χ4n) is 2.52. The number of nitro benzene ring substituents is 1. The minimum atomic E-state index is -4.19. The fourth-order valence-corrected chi connectivity index (χ4v) is 3.44. The van der Waals surface area contributed by atoms with Crippen LogP contribution in [-0.2, 0) is 10.1 Å². The van der Waals surface area contributed by atoms with Crippen LogP contribution in [0.3, 0.4) is 0 Å². The van der Waals surface area contributed by atoms with E-state index in [9.17, 15) is 23.3 Å². The van der Waals surface area contributed by atoms with E-state index in [0.29, 0.717) is 11.3 Å². The van der Waals surface area contributed by atoms with Gasteiger partial charge in [-0.25, -0.2) is 0 Å². The molecule has 148 valence electrons. The Morgan fingerprint density at radius 2 is 1.69 bits per heavy atom. The molecular weight excluding hydrogens is 396 g/mol. The van der Waals surface area contributed by atoms with Crippen LogP contribution in [0.2, 0.25) is 0 Å². The van der Waals surface area contributed by atoms with E-state index in [-0.39, 0.29) is 22.2 Å². The Morgan fingerprint density at radius 1 is 1.00 bits per heavy atom. The van der Waals surface area contributed by atoms with E-state index in [1.165, 1.54) is 42.5 Å². The third-order valence-electron chi connectivity index (χ3n) is 3.92. The van der Waals surface area contributed by atoms with E-state index in [0.717, 1.165) is 11.6 Å². The molecule has 8 nitrogen and oxygen atoms in total. The van der Waals surface area contributed by atoms with Gasteiger partial charge in [0.2, 0.25) is 0 Å². The predicted octanol–water partition coefficient (Wildman–Crippen LogP) is 3.92. The summed E-state index contributed by atoms with van der Waals surface area (Å²) in [6, 6.07) is 17.3. The number of nitro groups is 1. The Labute approximate surface area is 167 Å². The van der Waals surface area contributed by atoms with Crippen molar-refractivity contribution in [2.75, 3.05) is 5.32 Å². The molecule has 0 radical (unpaired) electrons. The Morgan fingerprint density at radius 3 is 2.34 bits per heavy atom. The quantitative estimate of drug-likeness (QED) is 0.373. The average molecular weight is 412 g/mol. The van der Waals surface area contributed by atoms with Crippen LogP contribution >= 0.6 is 0 Å². The molecule has 0 saturated heterocycles. The topological polar surface area (TPSA) is 116 Å². The number of aryl methyl sites for hydroxylation is 1. The van der Waals surface area contributed by atoms with Crippen LogP contribution < -0.4 is 9.50 Å². The number of amides is 1. The summed E-state index contributed by atoms with van der Waals surface area (Å²) in [7, 11) is -4.19. The Bertz CT molecular complexity index is 1170. The van der Waals surface area contributed by atoms with Crippen LogP contribution in [-0.4, -0.2) is 19.2 Å². The van der Waals surface area contributed by atoms with E-state index in [1.807, 2.05) is 13.0 Å². The number of hydrogen-bond acceptors (Lipinski definition) is 6. The van der Waals surface area contributed by atoms with Gasteiger partial charge in [0.25, 0.3) is 11.6 Å². The minimum absolute atomic E-state index is 0.155. The smallest absolute Gasteiger partial charge is 0.339 e. The van der Waals surface area contributed by atoms with Gasteiger partial charge in [-0.1, -0.05) is 23.8 Å². The zero-order chi connectivity index (χ0) is 21.0. The number of non-ortho nitro benzene ring substituents is 1. The molecule has 0 atom stereocenters. The molecule has 3 rings (SSSR count). The van der Waals surface area contributed by atoms with Gasteiger partial charge in [0, 0.05) is 17.3 Å². The number of carbonyl (C=O) groups is 1. The second-order valence-corrected chi connectivity index (χ2v) is 7.69. The third kappa shape index (κ3) is 4.96. The van der Waals surface area contributed by atoms with Crippen molar-refractivity contribution in [2.24, 2.45) is 0 Å². The summed E-state index contributed by atoms with van der Waals surface area (Å²) in [5.41, 5.74) is 1.55. The second kappa shape index (κ2) is 8.11. The average Bonchev–Trinajstić information content (AvgIpc) is 2.68. The van der Waals surface area contributed by atoms with E-state index in [4.69, 9.17) is 4.18 Å². The van der Waals surface area contributed by atoms with E-state index in [2.05, 4.69) is 5.32 Å². The third-order valence-corrected chi connectivity index (χ3v) is 5.18. The van der Waals surface area contributed by atoms with Gasteiger partial charge in [0.05, 0.1) is 11.0 Å². The van der Waals surface area contributed by atoms with Crippen molar-refractivity contribution >= 4 is 27.4 Å². The summed E-state index contributed by atoms with van der Waals surface area (Å²) in [5.74, 6) is -0.492. The minimum Gasteiger partial charge on any atom is -0.379 e. The first-order valence-corrected chi connectivity index (χ1v) is 9.82. The maximum atomic E-state index is 12.4. The van der Waals surface area contributed by atoms with Crippen molar-refractivity contribution < 1.29 is 22.3 Å². The van der Waals surface area contributed by atoms with Gasteiger partial charge in [0.1, 0.15) is 10.6 Å². The summed E-state index contributed by atoms with van der Waals surface area (Å²) in [6.45, 7) is 1.87. The summed E-state index contributed by atoms with van der Waals surface area (Å²) in [5, 5.41) is 13.5. The zero-order valence-electron chi connectivity index (χ0n) is 15.2. The Hall–Kier alpha value is -3.72. The van der Waals surface area contributed by atoms with Crippen molar-refractivity contribution in [2.45, 2.75) is 11.8 Å². The van der Waals surface area contributed by atoms with Crippen LogP contribution in [0.1, 0.15) is 15.9 Å². The summed E-state index contributed by atoms with van der Waals surface area (Å²) < 4.78 is 29.8. The first-order chi connectivity index (χ1) is 13.7. The highest BCUT2D eigenvalue weighted by Crippen LogP contribution is 2.24. The first kappa shape index (κ1) is 20.0. The monoisotopic (exact) mass is 412 g/mol. The number of hydrogen-bond donors (Lipinski definition) is 1. The van der Waals surface area contributed by atoms with Crippen LogP contribution in [0.5, 0.6) is 5.75 Å². The Kier molecular flexibility index (Phi) is 5.60. The number of carbonyl (C=O) groups excluding carboxylic acids is 1. The molecule has 0 aliphatic rings. The molecule has 0 spiro atoms. The van der Waals surface area contributed by atoms with Crippen molar-refractivity contribution in [3.63, 3.8) is 0 Å². The second-order valence-electron chi connectivity index (χ2n) is 6.14. The number of nitrogens with one attached hydrogen (secondary N) is 1. The van der Waals surface area contributed by atoms with Gasteiger partial charge in [-0.05, 0) is 49.4 Å². The summed E-state index contributed by atoms with van der Waals surface area (Å²) in [6.07, 6.45) is 0. The molecule has 0 heterocycles. The van der Waals surface area contributed by atoms with Crippen LogP contribution in [0.15, 0.2) is 77.7 Å². The van der Waals surface area contributed by atoms with Gasteiger partial charge in [-0.2, -0.15) is 8.42 Å². The molecule has 0 aliphatic carbocycles. The van der Waals surface area contributed by atoms with Gasteiger partial charge in [-0.3, -0.25) is 14.9 Å². The molecule has 1 N–H and O–H groups in total. The van der Waals surface area contributed by atoms with E-state index in [1.54, 1.807) is 18.2 Å². The summed E-state index contributed by atoms with van der Waals surface area (Å²) in [4.78, 5) is 22.3. The molecule has 0 unspecified atom stereocenters. The molecule has 1 amide bonds. The highest BCUT2D eigenvalue weighted by Gasteiger charge is 2.18. The standard InChI is InChI=1S/C20H16N2O6S/c1-14-4-2-5-15(12-14)20(23)21-16-8-10-19(11-9-16)29(26,27)28-18-7-3-6-17(13-18)22(24)25/h2-13H,1H3,(H,21,23). The van der Waals surface area contributed by atoms with Crippen molar-refractivity contribution in [3.8, 4) is 5.75 Å². The highest BCUT2D eigenvalue weighted by atomic mass is 32.2. The molecule has 3 aromatic rings. The lowest BCUT2D eigenvalue weighted by Gasteiger charge is -2.09. The summed E-state index contributed by atoms with van der Waals surface area (Å²) >= 11 is 0. The van der Waals surface area contributed by atoms with E-state index < -0.39 is 15.0 Å². The molecule has 0 bridgehead atoms. The largest absolute Gasteiger partial charge is 0.379 e. The molecule has 0 fully saturated rings. The van der Waals surface area contributed by atoms with Crippen LogP contribution in [0.4, 0.5) is 11.4 Å². The first-order valence-electron chi connectivity index (χ1n) is 8.42. The van der Waals surface area contributed by atoms with E-state index >= 15 is 0 Å². The Balaban J connectivity index is 1.74. The molecule has 0 saturated carbocycles. The molecule has 0 aromatic heterocycles. The number of rotatable bonds is 6. The lowest BCUT2D eigenvalue weighted by molar-refractivity contribution is -0.384. The van der Waals surface area contributed by atoms with Gasteiger partial charge < -0.3 is 9.50 Å². The predicted molar refractivity (Wildman–Crippen MR) is 106 cm³/mol. The molecule has 0 aliphatic heterocycles. The maximum Gasteiger partial charge on any atom is 0.339 e. The maximum absolute atomic E-state index is 12.4. The van der Waals surface area contributed by atoms with Gasteiger partial charge in [0.15, 0.2) is 0 Å². The van der Waals surface area contributed by atoms with Crippen molar-refractivity contribution in [3.05, 3.63) is 94.0 Å². The molecule has 3 aromatic carbocycles.